The number of para-hydroxylation sites is 1. The van der Waals surface area contributed by atoms with E-state index in [2.05, 4.69) is 43.1 Å². The number of carbonyl (C=O) groups excluding carboxylic acids is 1. The fourth-order valence-corrected chi connectivity index (χ4v) is 3.41. The largest absolute Gasteiger partial charge is 0.480 e. The van der Waals surface area contributed by atoms with Crippen molar-refractivity contribution in [2.75, 3.05) is 6.61 Å². The summed E-state index contributed by atoms with van der Waals surface area (Å²) in [7, 11) is 0. The maximum atomic E-state index is 11.9. The zero-order valence-electron chi connectivity index (χ0n) is 15.1. The summed E-state index contributed by atoms with van der Waals surface area (Å²) in [6.45, 7) is 4.25. The normalized spacial score (nSPS) is 10.8. The molecule has 0 fully saturated rings. The number of ether oxygens (including phenoxy) is 2. The number of esters is 1. The fraction of sp³-hybridized carbons (Fsp3) is 0.238. The van der Waals surface area contributed by atoms with Crippen molar-refractivity contribution in [1.82, 2.24) is 4.98 Å². The molecule has 0 unspecified atom stereocenters. The van der Waals surface area contributed by atoms with Crippen LogP contribution < -0.4 is 4.74 Å². The molecule has 4 nitrogen and oxygen atoms in total. The van der Waals surface area contributed by atoms with Gasteiger partial charge in [0.2, 0.25) is 0 Å². The molecule has 0 N–H and O–H groups in total. The van der Waals surface area contributed by atoms with Gasteiger partial charge in [0.05, 0.1) is 10.7 Å². The molecule has 27 heavy (non-hydrogen) atoms. The van der Waals surface area contributed by atoms with Gasteiger partial charge in [-0.3, -0.25) is 0 Å². The minimum atomic E-state index is -0.467. The van der Waals surface area contributed by atoms with Crippen molar-refractivity contribution in [1.29, 1.82) is 0 Å². The Hall–Kier alpha value is -2.37. The van der Waals surface area contributed by atoms with Crippen LogP contribution in [0.15, 0.2) is 53.9 Å². The molecule has 140 valence electrons. The van der Waals surface area contributed by atoms with Gasteiger partial charge in [-0.05, 0) is 23.6 Å². The number of nitrogens with zero attached hydrogens (tertiary/aromatic N) is 1. The molecule has 0 amide bonds. The van der Waals surface area contributed by atoms with Crippen molar-refractivity contribution in [3.8, 4) is 16.3 Å². The molecule has 0 saturated carbocycles. The Labute approximate surface area is 167 Å². The zero-order chi connectivity index (χ0) is 19.2. The Kier molecular flexibility index (Phi) is 6.48. The monoisotopic (exact) mass is 401 g/mol. The third-order valence-corrected chi connectivity index (χ3v) is 5.19. The molecule has 1 heterocycles. The Morgan fingerprint density at radius 1 is 1.15 bits per heavy atom. The first-order valence-corrected chi connectivity index (χ1v) is 9.86. The van der Waals surface area contributed by atoms with Crippen LogP contribution in [0.1, 0.15) is 31.0 Å². The number of hydrogen-bond acceptors (Lipinski definition) is 5. The Morgan fingerprint density at radius 3 is 2.59 bits per heavy atom. The second kappa shape index (κ2) is 9.02. The number of benzene rings is 2. The van der Waals surface area contributed by atoms with Crippen molar-refractivity contribution in [3.63, 3.8) is 0 Å². The maximum absolute atomic E-state index is 11.9. The number of aromatic nitrogens is 1. The van der Waals surface area contributed by atoms with E-state index in [9.17, 15) is 4.79 Å². The van der Waals surface area contributed by atoms with Gasteiger partial charge in [-0.15, -0.1) is 11.3 Å². The van der Waals surface area contributed by atoms with Crippen LogP contribution in [0.3, 0.4) is 0 Å². The highest BCUT2D eigenvalue weighted by atomic mass is 35.5. The van der Waals surface area contributed by atoms with Gasteiger partial charge >= 0.3 is 5.97 Å². The average molecular weight is 402 g/mol. The van der Waals surface area contributed by atoms with Crippen LogP contribution in [0.4, 0.5) is 0 Å². The molecule has 2 aromatic carbocycles. The van der Waals surface area contributed by atoms with E-state index in [-0.39, 0.29) is 13.2 Å². The van der Waals surface area contributed by atoms with Crippen LogP contribution >= 0.6 is 22.9 Å². The third-order valence-electron chi connectivity index (χ3n) is 3.94. The molecule has 0 aliphatic rings. The Bertz CT molecular complexity index is 906. The number of thiazole rings is 1. The van der Waals surface area contributed by atoms with E-state index in [4.69, 9.17) is 21.1 Å². The lowest BCUT2D eigenvalue weighted by atomic mass is 10.0. The van der Waals surface area contributed by atoms with E-state index < -0.39 is 5.97 Å². The summed E-state index contributed by atoms with van der Waals surface area (Å²) in [6, 6.07) is 15.4. The van der Waals surface area contributed by atoms with Crippen LogP contribution in [0, 0.1) is 0 Å². The first kappa shape index (κ1) is 19.4. The average Bonchev–Trinajstić information content (AvgIpc) is 3.15. The van der Waals surface area contributed by atoms with Gasteiger partial charge < -0.3 is 9.47 Å². The topological polar surface area (TPSA) is 48.4 Å². The molecule has 6 heteroatoms. The van der Waals surface area contributed by atoms with E-state index in [1.807, 2.05) is 5.38 Å². The number of rotatable bonds is 7. The minimum Gasteiger partial charge on any atom is -0.480 e. The predicted molar refractivity (Wildman–Crippen MR) is 108 cm³/mol. The second-order valence-electron chi connectivity index (χ2n) is 6.30. The van der Waals surface area contributed by atoms with Crippen molar-refractivity contribution < 1.29 is 14.3 Å². The molecule has 3 rings (SSSR count). The number of halogens is 1. The summed E-state index contributed by atoms with van der Waals surface area (Å²) < 4.78 is 10.6. The van der Waals surface area contributed by atoms with E-state index in [1.54, 1.807) is 24.3 Å². The molecular weight excluding hydrogens is 382 g/mol. The summed E-state index contributed by atoms with van der Waals surface area (Å²) >= 11 is 7.51. The van der Waals surface area contributed by atoms with Crippen LogP contribution in [0.25, 0.3) is 10.6 Å². The molecule has 0 aliphatic carbocycles. The fourth-order valence-electron chi connectivity index (χ4n) is 2.41. The number of carbonyl (C=O) groups is 1. The highest BCUT2D eigenvalue weighted by molar-refractivity contribution is 7.13. The maximum Gasteiger partial charge on any atom is 0.344 e. The summed E-state index contributed by atoms with van der Waals surface area (Å²) in [5.74, 6) is 0.487. The summed E-state index contributed by atoms with van der Waals surface area (Å²) in [6.07, 6.45) is 0. The Balaban J connectivity index is 1.52. The van der Waals surface area contributed by atoms with Crippen molar-refractivity contribution in [3.05, 3.63) is 70.2 Å². The van der Waals surface area contributed by atoms with E-state index in [0.29, 0.717) is 22.4 Å². The lowest BCUT2D eigenvalue weighted by molar-refractivity contribution is -0.147. The molecular formula is C21H20ClNO3S. The van der Waals surface area contributed by atoms with Crippen molar-refractivity contribution >= 4 is 28.9 Å². The van der Waals surface area contributed by atoms with Crippen molar-refractivity contribution in [2.24, 2.45) is 0 Å². The van der Waals surface area contributed by atoms with Gasteiger partial charge in [0.15, 0.2) is 6.61 Å². The lowest BCUT2D eigenvalue weighted by Crippen LogP contribution is -2.15. The van der Waals surface area contributed by atoms with Crippen LogP contribution in [0.5, 0.6) is 5.75 Å². The molecule has 3 aromatic rings. The van der Waals surface area contributed by atoms with E-state index in [0.717, 1.165) is 10.6 Å². The first-order valence-electron chi connectivity index (χ1n) is 8.60. The van der Waals surface area contributed by atoms with E-state index in [1.165, 1.54) is 16.9 Å². The molecule has 1 aromatic heterocycles. The highest BCUT2D eigenvalue weighted by Crippen LogP contribution is 2.26. The Morgan fingerprint density at radius 2 is 1.89 bits per heavy atom. The van der Waals surface area contributed by atoms with Crippen LogP contribution in [-0.2, 0) is 16.1 Å². The smallest absolute Gasteiger partial charge is 0.344 e. The predicted octanol–water partition coefficient (Wildman–Crippen LogP) is 5.71. The molecule has 0 atom stereocenters. The van der Waals surface area contributed by atoms with Gasteiger partial charge in [-0.25, -0.2) is 9.78 Å². The lowest BCUT2D eigenvalue weighted by Gasteiger charge is -2.07. The van der Waals surface area contributed by atoms with Gasteiger partial charge in [-0.2, -0.15) is 0 Å². The van der Waals surface area contributed by atoms with Crippen molar-refractivity contribution in [2.45, 2.75) is 26.4 Å². The summed E-state index contributed by atoms with van der Waals surface area (Å²) in [5.41, 5.74) is 3.07. The standard InChI is InChI=1S/C21H20ClNO3S/c1-14(2)15-7-9-16(10-8-15)21-23-17(13-27-21)11-26-20(24)12-25-19-6-4-3-5-18(19)22/h3-10,13-14H,11-12H2,1-2H3. The molecule has 0 saturated heterocycles. The third kappa shape index (κ3) is 5.31. The molecule has 0 spiro atoms. The quantitative estimate of drug-likeness (QED) is 0.476. The van der Waals surface area contributed by atoms with Crippen LogP contribution in [-0.4, -0.2) is 17.6 Å². The van der Waals surface area contributed by atoms with Gasteiger partial charge in [0, 0.05) is 10.9 Å². The molecule has 0 aliphatic heterocycles. The summed E-state index contributed by atoms with van der Waals surface area (Å²) in [4.78, 5) is 16.4. The SMILES string of the molecule is CC(C)c1ccc(-c2nc(COC(=O)COc3ccccc3Cl)cs2)cc1. The van der Waals surface area contributed by atoms with Gasteiger partial charge in [0.25, 0.3) is 0 Å². The van der Waals surface area contributed by atoms with Gasteiger partial charge in [-0.1, -0.05) is 61.8 Å². The molecule has 0 radical (unpaired) electrons. The zero-order valence-corrected chi connectivity index (χ0v) is 16.7. The molecule has 0 bridgehead atoms. The number of hydrogen-bond donors (Lipinski definition) is 0. The van der Waals surface area contributed by atoms with E-state index >= 15 is 0 Å². The van der Waals surface area contributed by atoms with Gasteiger partial charge in [0.1, 0.15) is 17.4 Å². The summed E-state index contributed by atoms with van der Waals surface area (Å²) in [5, 5.41) is 3.26. The highest BCUT2D eigenvalue weighted by Gasteiger charge is 2.10. The van der Waals surface area contributed by atoms with Crippen LogP contribution in [0.2, 0.25) is 5.02 Å². The minimum absolute atomic E-state index is 0.116. The second-order valence-corrected chi connectivity index (χ2v) is 7.57. The first-order chi connectivity index (χ1) is 13.0.